The number of carbonyl (C=O) groups is 3. The summed E-state index contributed by atoms with van der Waals surface area (Å²) in [6.45, 7) is 5.71. The smallest absolute Gasteiger partial charge is 0.410 e. The minimum absolute atomic E-state index is 0.0484. The largest absolute Gasteiger partial charge is 0.466 e. The molecule has 0 aliphatic carbocycles. The zero-order valence-corrected chi connectivity index (χ0v) is 16.8. The van der Waals surface area contributed by atoms with E-state index in [1.165, 1.54) is 4.90 Å². The Hall–Kier alpha value is -2.43. The number of oxime groups is 1. The van der Waals surface area contributed by atoms with Crippen LogP contribution in [0.4, 0.5) is 4.79 Å². The lowest BCUT2D eigenvalue weighted by atomic mass is 10.2. The number of amidine groups is 1. The lowest BCUT2D eigenvalue weighted by molar-refractivity contribution is -0.142. The summed E-state index contributed by atoms with van der Waals surface area (Å²) in [7, 11) is 2.26. The molecular formula is C16H25N3O7S. The quantitative estimate of drug-likeness (QED) is 0.135. The highest BCUT2D eigenvalue weighted by atomic mass is 32.2. The molecule has 0 bridgehead atoms. The Labute approximate surface area is 162 Å². The second kappa shape index (κ2) is 10.0. The van der Waals surface area contributed by atoms with Gasteiger partial charge in [0.05, 0.1) is 20.3 Å². The Morgan fingerprint density at radius 1 is 1.22 bits per heavy atom. The molecule has 0 aromatic carbocycles. The first-order valence-electron chi connectivity index (χ1n) is 8.04. The molecule has 152 valence electrons. The van der Waals surface area contributed by atoms with Gasteiger partial charge in [-0.15, -0.1) is 0 Å². The normalized spacial score (nSPS) is 18.6. The number of hydrogen-bond acceptors (Lipinski definition) is 9. The Morgan fingerprint density at radius 3 is 2.44 bits per heavy atom. The number of amides is 1. The number of thioether (sulfide) groups is 1. The lowest BCUT2D eigenvalue weighted by Crippen LogP contribution is -2.54. The summed E-state index contributed by atoms with van der Waals surface area (Å²) in [4.78, 5) is 41.8. The third-order valence-electron chi connectivity index (χ3n) is 3.18. The van der Waals surface area contributed by atoms with Gasteiger partial charge in [-0.2, -0.15) is 11.8 Å². The SMILES string of the molecule is COC(=O)/C=C(/O/N=C(\N)C1CSCCN1C(=O)OC(C)(C)C)C(=O)OC. The maximum Gasteiger partial charge on any atom is 0.410 e. The fourth-order valence-electron chi connectivity index (χ4n) is 1.94. The first kappa shape index (κ1) is 22.6. The maximum absolute atomic E-state index is 12.4. The van der Waals surface area contributed by atoms with Gasteiger partial charge >= 0.3 is 18.0 Å². The van der Waals surface area contributed by atoms with Gasteiger partial charge in [0.2, 0.25) is 5.76 Å². The molecule has 2 N–H and O–H groups in total. The predicted octanol–water partition coefficient (Wildman–Crippen LogP) is 0.858. The van der Waals surface area contributed by atoms with Crippen LogP contribution in [0.1, 0.15) is 20.8 Å². The summed E-state index contributed by atoms with van der Waals surface area (Å²) in [5.41, 5.74) is 5.30. The van der Waals surface area contributed by atoms with Crippen molar-refractivity contribution in [3.63, 3.8) is 0 Å². The Kier molecular flexibility index (Phi) is 8.41. The van der Waals surface area contributed by atoms with E-state index in [9.17, 15) is 14.4 Å². The van der Waals surface area contributed by atoms with Crippen molar-refractivity contribution >= 4 is 35.6 Å². The van der Waals surface area contributed by atoms with Gasteiger partial charge < -0.3 is 24.8 Å². The molecule has 1 rings (SSSR count). The third-order valence-corrected chi connectivity index (χ3v) is 4.21. The fraction of sp³-hybridized carbons (Fsp3) is 0.625. The van der Waals surface area contributed by atoms with Crippen molar-refractivity contribution in [2.75, 3.05) is 32.3 Å². The van der Waals surface area contributed by atoms with E-state index in [0.29, 0.717) is 12.3 Å². The molecule has 11 heteroatoms. The van der Waals surface area contributed by atoms with Gasteiger partial charge in [0.25, 0.3) is 0 Å². The van der Waals surface area contributed by atoms with Crippen LogP contribution >= 0.6 is 11.8 Å². The van der Waals surface area contributed by atoms with Gasteiger partial charge in [-0.1, -0.05) is 5.16 Å². The first-order valence-corrected chi connectivity index (χ1v) is 9.20. The van der Waals surface area contributed by atoms with Crippen molar-refractivity contribution in [3.05, 3.63) is 11.8 Å². The molecule has 0 aromatic heterocycles. The number of esters is 2. The molecule has 1 aliphatic heterocycles. The summed E-state index contributed by atoms with van der Waals surface area (Å²) in [5.74, 6) is -1.11. The molecule has 1 aliphatic rings. The number of carbonyl (C=O) groups excluding carboxylic acids is 3. The van der Waals surface area contributed by atoms with Gasteiger partial charge in [0.1, 0.15) is 11.6 Å². The standard InChI is InChI=1S/C16H25N3O7S/c1-16(2,3)25-15(22)19-6-7-27-9-10(19)13(17)18-26-11(14(21)24-5)8-12(20)23-4/h8,10H,6-7,9H2,1-5H3,(H2,17,18)/b11-8+. The van der Waals surface area contributed by atoms with Crippen molar-refractivity contribution in [1.82, 2.24) is 4.90 Å². The molecule has 10 nitrogen and oxygen atoms in total. The van der Waals surface area contributed by atoms with E-state index < -0.39 is 35.4 Å². The van der Waals surface area contributed by atoms with Crippen LogP contribution in [0.2, 0.25) is 0 Å². The zero-order valence-electron chi connectivity index (χ0n) is 16.0. The number of hydrogen-bond donors (Lipinski definition) is 1. The van der Waals surface area contributed by atoms with Crippen LogP contribution in [-0.2, 0) is 28.6 Å². The summed E-state index contributed by atoms with van der Waals surface area (Å²) in [5, 5.41) is 3.69. The molecule has 0 aromatic rings. The minimum atomic E-state index is -0.932. The number of rotatable bonds is 5. The molecule has 0 saturated carbocycles. The number of ether oxygens (including phenoxy) is 3. The summed E-state index contributed by atoms with van der Waals surface area (Å²) < 4.78 is 14.3. The molecule has 1 unspecified atom stereocenters. The van der Waals surface area contributed by atoms with Crippen molar-refractivity contribution in [1.29, 1.82) is 0 Å². The number of nitrogens with zero attached hydrogens (tertiary/aromatic N) is 2. The average Bonchev–Trinajstić information content (AvgIpc) is 2.62. The van der Waals surface area contributed by atoms with E-state index >= 15 is 0 Å². The molecule has 1 saturated heterocycles. The molecule has 1 amide bonds. The van der Waals surface area contributed by atoms with Gasteiger partial charge in [-0.25, -0.2) is 14.4 Å². The molecule has 1 heterocycles. The van der Waals surface area contributed by atoms with Crippen LogP contribution in [0, 0.1) is 0 Å². The summed E-state index contributed by atoms with van der Waals surface area (Å²) in [6.07, 6.45) is 0.258. The van der Waals surface area contributed by atoms with E-state index in [-0.39, 0.29) is 5.84 Å². The highest BCUT2D eigenvalue weighted by Gasteiger charge is 2.33. The predicted molar refractivity (Wildman–Crippen MR) is 98.9 cm³/mol. The van der Waals surface area contributed by atoms with Crippen LogP contribution in [-0.4, -0.2) is 72.7 Å². The maximum atomic E-state index is 12.4. The van der Waals surface area contributed by atoms with Crippen LogP contribution in [0.3, 0.4) is 0 Å². The van der Waals surface area contributed by atoms with E-state index in [4.69, 9.17) is 15.3 Å². The Bertz CT molecular complexity index is 628. The second-order valence-electron chi connectivity index (χ2n) is 6.40. The fourth-order valence-corrected chi connectivity index (χ4v) is 3.01. The van der Waals surface area contributed by atoms with E-state index in [0.717, 1.165) is 26.0 Å². The topological polar surface area (TPSA) is 130 Å². The minimum Gasteiger partial charge on any atom is -0.466 e. The molecule has 0 radical (unpaired) electrons. The van der Waals surface area contributed by atoms with Crippen LogP contribution in [0.5, 0.6) is 0 Å². The average molecular weight is 403 g/mol. The monoisotopic (exact) mass is 403 g/mol. The lowest BCUT2D eigenvalue weighted by Gasteiger charge is -2.35. The highest BCUT2D eigenvalue weighted by Crippen LogP contribution is 2.20. The van der Waals surface area contributed by atoms with Crippen molar-refractivity contribution in [2.24, 2.45) is 10.9 Å². The zero-order chi connectivity index (χ0) is 20.6. The third kappa shape index (κ3) is 7.37. The number of nitrogens with two attached hydrogens (primary N) is 1. The molecule has 1 fully saturated rings. The van der Waals surface area contributed by atoms with E-state index in [1.54, 1.807) is 32.5 Å². The van der Waals surface area contributed by atoms with Gasteiger partial charge in [-0.05, 0) is 20.8 Å². The molecular weight excluding hydrogens is 378 g/mol. The van der Waals surface area contributed by atoms with Gasteiger partial charge in [0, 0.05) is 18.1 Å². The van der Waals surface area contributed by atoms with Crippen LogP contribution < -0.4 is 5.73 Å². The van der Waals surface area contributed by atoms with E-state index in [2.05, 4.69) is 14.6 Å². The van der Waals surface area contributed by atoms with Crippen LogP contribution in [0.25, 0.3) is 0 Å². The second-order valence-corrected chi connectivity index (χ2v) is 7.55. The molecule has 27 heavy (non-hydrogen) atoms. The molecule has 0 spiro atoms. The molecule has 1 atom stereocenters. The van der Waals surface area contributed by atoms with Gasteiger partial charge in [0.15, 0.2) is 5.84 Å². The van der Waals surface area contributed by atoms with Gasteiger partial charge in [-0.3, -0.25) is 4.90 Å². The highest BCUT2D eigenvalue weighted by molar-refractivity contribution is 7.99. The number of methoxy groups -OCH3 is 2. The van der Waals surface area contributed by atoms with E-state index in [1.807, 2.05) is 0 Å². The summed E-state index contributed by atoms with van der Waals surface area (Å²) >= 11 is 1.58. The summed E-state index contributed by atoms with van der Waals surface area (Å²) in [6, 6.07) is -0.587. The van der Waals surface area contributed by atoms with Crippen molar-refractivity contribution in [3.8, 4) is 0 Å². The van der Waals surface area contributed by atoms with Crippen molar-refractivity contribution < 1.29 is 33.4 Å². The Morgan fingerprint density at radius 2 is 1.89 bits per heavy atom. The van der Waals surface area contributed by atoms with Crippen LogP contribution in [0.15, 0.2) is 17.0 Å². The van der Waals surface area contributed by atoms with Crippen molar-refractivity contribution in [2.45, 2.75) is 32.4 Å². The Balaban J connectivity index is 2.96. The first-order chi connectivity index (χ1) is 12.6.